The molecule has 0 heterocycles. The molecule has 0 nitrogen and oxygen atoms in total. The minimum atomic E-state index is 0. The monoisotopic (exact) mass is 676 g/mol. The van der Waals surface area contributed by atoms with Crippen LogP contribution in [-0.4, -0.2) is 4.21 Å². The molecule has 36 heavy (non-hydrogen) atoms. The van der Waals surface area contributed by atoms with Crippen LogP contribution in [0.5, 0.6) is 0 Å². The maximum atomic E-state index is 3.72. The van der Waals surface area contributed by atoms with Crippen LogP contribution < -0.4 is 0 Å². The predicted octanol–water partition coefficient (Wildman–Crippen LogP) is 9.22. The Bertz CT molecular complexity index is 1060. The molecule has 4 aromatic rings. The minimum Gasteiger partial charge on any atom is -0.179 e. The van der Waals surface area contributed by atoms with Crippen LogP contribution in [0.25, 0.3) is 11.1 Å². The molecule has 4 aromatic carbocycles. The largest absolute Gasteiger partial charge is 0.179 e. The van der Waals surface area contributed by atoms with Gasteiger partial charge in [0.15, 0.2) is 0 Å². The molecule has 2 aliphatic carbocycles. The molecule has 6 rings (SSSR count). The molecule has 0 saturated heterocycles. The zero-order valence-electron chi connectivity index (χ0n) is 20.4. The minimum absolute atomic E-state index is 0. The van der Waals surface area contributed by atoms with Gasteiger partial charge in [0.1, 0.15) is 0 Å². The number of rotatable bonds is 0. The van der Waals surface area contributed by atoms with Gasteiger partial charge in [-0.25, -0.2) is 12.2 Å². The van der Waals surface area contributed by atoms with Crippen molar-refractivity contribution in [2.75, 3.05) is 0 Å². The van der Waals surface area contributed by atoms with Crippen molar-refractivity contribution in [1.29, 1.82) is 0 Å². The van der Waals surface area contributed by atoms with E-state index in [1.807, 2.05) is 78.9 Å². The van der Waals surface area contributed by atoms with E-state index in [4.69, 9.17) is 0 Å². The second-order valence-corrected chi connectivity index (χ2v) is 7.37. The summed E-state index contributed by atoms with van der Waals surface area (Å²) in [5.74, 6) is 0. The average molecular weight is 680 g/mol. The molecule has 0 radical (unpaired) electrons. The summed E-state index contributed by atoms with van der Waals surface area (Å²) in [6.45, 7) is 7.44. The third kappa shape index (κ3) is 12.7. The van der Waals surface area contributed by atoms with Gasteiger partial charge in [-0.3, -0.25) is 6.08 Å². The summed E-state index contributed by atoms with van der Waals surface area (Å²) in [6, 6.07) is 37.9. The van der Waals surface area contributed by atoms with Crippen LogP contribution >= 0.6 is 34.0 Å². The van der Waals surface area contributed by atoms with Crippen LogP contribution in [0.15, 0.2) is 121 Å². The molecule has 0 saturated carbocycles. The van der Waals surface area contributed by atoms with Gasteiger partial charge < -0.3 is 0 Å². The molecule has 0 aliphatic heterocycles. The van der Waals surface area contributed by atoms with Gasteiger partial charge in [0, 0.05) is 0 Å². The fraction of sp³-hybridized carbons (Fsp3) is 0.0606. The molecule has 0 aromatic heterocycles. The summed E-state index contributed by atoms with van der Waals surface area (Å²) < 4.78 is 3.34. The summed E-state index contributed by atoms with van der Waals surface area (Å²) in [5, 5.41) is 0. The van der Waals surface area contributed by atoms with Crippen molar-refractivity contribution in [3.8, 4) is 11.1 Å². The Kier molecular flexibility index (Phi) is 19.7. The molecule has 3 heteroatoms. The van der Waals surface area contributed by atoms with Gasteiger partial charge in [0.05, 0.1) is 0 Å². The normalized spacial score (nSPS) is 10.3. The Labute approximate surface area is 254 Å². The maximum absolute atomic E-state index is 3.72. The van der Waals surface area contributed by atoms with Crippen LogP contribution in [0, 0.1) is 26.0 Å². The second kappa shape index (κ2) is 21.0. The van der Waals surface area contributed by atoms with E-state index >= 15 is 0 Å². The van der Waals surface area contributed by atoms with Crippen molar-refractivity contribution in [3.05, 3.63) is 170 Å². The van der Waals surface area contributed by atoms with Gasteiger partial charge in [-0.15, -0.1) is 70.2 Å². The Morgan fingerprint density at radius 1 is 0.667 bits per heavy atom. The maximum Gasteiger partial charge on any atom is -0.0253 e. The van der Waals surface area contributed by atoms with Crippen molar-refractivity contribution in [1.82, 2.24) is 0 Å². The van der Waals surface area contributed by atoms with E-state index in [-0.39, 0.29) is 34.0 Å². The van der Waals surface area contributed by atoms with Crippen molar-refractivity contribution >= 4 is 38.2 Å². The Morgan fingerprint density at radius 2 is 1.19 bits per heavy atom. The van der Waals surface area contributed by atoms with E-state index in [2.05, 4.69) is 72.7 Å². The predicted molar refractivity (Wildman–Crippen MR) is 165 cm³/mol. The molecule has 0 N–H and O–H groups in total. The average Bonchev–Trinajstić information content (AvgIpc) is 3.59. The first-order chi connectivity index (χ1) is 16.7. The Balaban J connectivity index is 0.000000464. The number of allylic oxidation sites excluding steroid dienone is 4. The third-order valence-corrected chi connectivity index (χ3v) is 4.89. The van der Waals surface area contributed by atoms with Crippen LogP contribution in [0.1, 0.15) is 28.7 Å². The van der Waals surface area contributed by atoms with E-state index in [0.29, 0.717) is 0 Å². The molecule has 0 bridgehead atoms. The smallest absolute Gasteiger partial charge is 0.0253 e. The summed E-state index contributed by atoms with van der Waals surface area (Å²) in [6.07, 6.45) is 11.0. The number of fused-ring (bicyclic) bond motifs is 3. The summed E-state index contributed by atoms with van der Waals surface area (Å²) in [7, 11) is 0. The fourth-order valence-electron chi connectivity index (χ4n) is 3.29. The first-order valence-electron chi connectivity index (χ1n) is 11.1. The summed E-state index contributed by atoms with van der Waals surface area (Å²) in [4.78, 5) is 0. The van der Waals surface area contributed by atoms with Gasteiger partial charge in [0.2, 0.25) is 0 Å². The van der Waals surface area contributed by atoms with E-state index in [0.717, 1.165) is 24.0 Å². The van der Waals surface area contributed by atoms with Crippen molar-refractivity contribution in [2.24, 2.45) is 0 Å². The number of hydrogen-bond donors (Lipinski definition) is 0. The van der Waals surface area contributed by atoms with Crippen LogP contribution in [-0.2, 0) is 30.7 Å². The third-order valence-electron chi connectivity index (χ3n) is 4.89. The first-order valence-corrected chi connectivity index (χ1v) is 12.9. The van der Waals surface area contributed by atoms with Crippen LogP contribution in [0.3, 0.4) is 0 Å². The molecule has 0 amide bonds. The fourth-order valence-corrected chi connectivity index (χ4v) is 3.29. The number of halogens is 2. The van der Waals surface area contributed by atoms with Gasteiger partial charge >= 0.3 is 28.4 Å². The van der Waals surface area contributed by atoms with E-state index in [1.54, 1.807) is 0 Å². The number of benzene rings is 4. The standard InChI is InChI=1S/C13H9.2C7H7.C5H5.CH2.2BrH.Zr/c1-3-7-12-10(5-1)9-11-6-2-4-8-13(11)12;2*1-7-5-3-2-4-6-7;1-2-4-5-3-1;;;;/h1-5,7-8H,9H2;2*2-6H,1H2;1-3H,4H2;1H2;2*1H;/q4*-1;;;;. The molecule has 2 aliphatic rings. The van der Waals surface area contributed by atoms with Crippen molar-refractivity contribution in [2.45, 2.75) is 12.8 Å². The molecule has 0 fully saturated rings. The molecule has 0 unspecified atom stereocenters. The van der Waals surface area contributed by atoms with Crippen LogP contribution in [0.4, 0.5) is 0 Å². The summed E-state index contributed by atoms with van der Waals surface area (Å²) >= 11 is 1.30. The molecular formula is C33H32Br2Zr-4. The van der Waals surface area contributed by atoms with Crippen molar-refractivity contribution in [3.63, 3.8) is 0 Å². The Hall–Kier alpha value is -2.19. The van der Waals surface area contributed by atoms with Gasteiger partial charge in [-0.2, -0.15) is 85.1 Å². The number of hydrogen-bond acceptors (Lipinski definition) is 0. The molecule has 186 valence electrons. The van der Waals surface area contributed by atoms with Gasteiger partial charge in [0.25, 0.3) is 0 Å². The zero-order chi connectivity index (χ0) is 24.4. The summed E-state index contributed by atoms with van der Waals surface area (Å²) in [5.41, 5.74) is 7.65. The van der Waals surface area contributed by atoms with Crippen LogP contribution in [0.2, 0.25) is 0 Å². The van der Waals surface area contributed by atoms with E-state index < -0.39 is 0 Å². The second-order valence-electron chi connectivity index (χ2n) is 7.37. The Morgan fingerprint density at radius 3 is 1.64 bits per heavy atom. The zero-order valence-corrected chi connectivity index (χ0v) is 26.3. The quantitative estimate of drug-likeness (QED) is 0.143. The molecule has 0 spiro atoms. The first kappa shape index (κ1) is 33.8. The van der Waals surface area contributed by atoms with Gasteiger partial charge in [-0.05, 0) is 6.42 Å². The SMILES string of the molecule is Br.Br.[C-]1=CC=CC1.[CH2-]c1ccccc1.[CH2-]c1ccccc1.[CH2]=[Zr].[c-]1cccc2c1Cc1ccccc1-2. The molecular weight excluding hydrogens is 647 g/mol. The van der Waals surface area contributed by atoms with E-state index in [9.17, 15) is 0 Å². The topological polar surface area (TPSA) is 0 Å². The molecule has 0 atom stereocenters. The van der Waals surface area contributed by atoms with E-state index in [1.165, 1.54) is 46.5 Å². The van der Waals surface area contributed by atoms with Gasteiger partial charge in [-0.1, -0.05) is 47.5 Å². The van der Waals surface area contributed by atoms with Crippen molar-refractivity contribution < 1.29 is 24.2 Å².